The van der Waals surface area contributed by atoms with Gasteiger partial charge in [-0.25, -0.2) is 9.59 Å². The SMILES string of the molecule is CC(C)C[C@@H](NC(=O)OC(C)(C)C)C(=O)OCCC12CC3CC(CC(C3)C1)C2. The highest BCUT2D eigenvalue weighted by Crippen LogP contribution is 2.61. The topological polar surface area (TPSA) is 64.6 Å². The fraction of sp³-hybridized carbons (Fsp3) is 0.913. The van der Waals surface area contributed by atoms with Crippen molar-refractivity contribution in [3.8, 4) is 0 Å². The molecule has 5 heteroatoms. The number of nitrogens with one attached hydrogen (secondary N) is 1. The lowest BCUT2D eigenvalue weighted by atomic mass is 9.49. The van der Waals surface area contributed by atoms with E-state index in [4.69, 9.17) is 9.47 Å². The highest BCUT2D eigenvalue weighted by molar-refractivity contribution is 5.81. The first kappa shape index (κ1) is 21.4. The summed E-state index contributed by atoms with van der Waals surface area (Å²) >= 11 is 0. The molecule has 0 heterocycles. The van der Waals surface area contributed by atoms with Crippen molar-refractivity contribution < 1.29 is 19.1 Å². The van der Waals surface area contributed by atoms with Crippen molar-refractivity contribution in [3.63, 3.8) is 0 Å². The van der Waals surface area contributed by atoms with Gasteiger partial charge in [0.05, 0.1) is 6.61 Å². The highest BCUT2D eigenvalue weighted by Gasteiger charge is 2.50. The van der Waals surface area contributed by atoms with Crippen molar-refractivity contribution in [2.75, 3.05) is 6.61 Å². The number of carbonyl (C=O) groups is 2. The van der Waals surface area contributed by atoms with Gasteiger partial charge in [0.1, 0.15) is 11.6 Å². The molecule has 0 aliphatic heterocycles. The minimum atomic E-state index is -0.647. The zero-order valence-electron chi connectivity index (χ0n) is 18.4. The summed E-state index contributed by atoms with van der Waals surface area (Å²) in [6, 6.07) is -0.647. The summed E-state index contributed by atoms with van der Waals surface area (Å²) in [5, 5.41) is 2.71. The highest BCUT2D eigenvalue weighted by atomic mass is 16.6. The Hall–Kier alpha value is -1.26. The molecule has 4 aliphatic carbocycles. The smallest absolute Gasteiger partial charge is 0.408 e. The number of rotatable bonds is 7. The number of hydrogen-bond acceptors (Lipinski definition) is 4. The predicted octanol–water partition coefficient (Wildman–Crippen LogP) is 5.08. The van der Waals surface area contributed by atoms with Gasteiger partial charge in [0, 0.05) is 0 Å². The van der Waals surface area contributed by atoms with Gasteiger partial charge in [-0.2, -0.15) is 0 Å². The predicted molar refractivity (Wildman–Crippen MR) is 109 cm³/mol. The Labute approximate surface area is 170 Å². The van der Waals surface area contributed by atoms with Crippen LogP contribution in [0, 0.1) is 29.1 Å². The third-order valence-corrected chi connectivity index (χ3v) is 6.72. The number of alkyl carbamates (subject to hydrolysis) is 1. The van der Waals surface area contributed by atoms with Crippen LogP contribution in [-0.4, -0.2) is 30.3 Å². The van der Waals surface area contributed by atoms with E-state index in [9.17, 15) is 9.59 Å². The van der Waals surface area contributed by atoms with Crippen molar-refractivity contribution >= 4 is 12.1 Å². The van der Waals surface area contributed by atoms with E-state index < -0.39 is 17.7 Å². The largest absolute Gasteiger partial charge is 0.464 e. The van der Waals surface area contributed by atoms with E-state index in [1.807, 2.05) is 34.6 Å². The second-order valence-corrected chi connectivity index (χ2v) is 11.2. The van der Waals surface area contributed by atoms with Crippen LogP contribution in [0.25, 0.3) is 0 Å². The summed E-state index contributed by atoms with van der Waals surface area (Å²) in [6.07, 6.45) is 9.21. The zero-order chi connectivity index (χ0) is 20.5. The molecule has 0 radical (unpaired) electrons. The monoisotopic (exact) mass is 393 g/mol. The zero-order valence-corrected chi connectivity index (χ0v) is 18.4. The van der Waals surface area contributed by atoms with Crippen LogP contribution in [0.1, 0.15) is 86.0 Å². The first-order valence-corrected chi connectivity index (χ1v) is 11.2. The fourth-order valence-electron chi connectivity index (χ4n) is 6.20. The summed E-state index contributed by atoms with van der Waals surface area (Å²) in [4.78, 5) is 24.8. The van der Waals surface area contributed by atoms with E-state index in [-0.39, 0.29) is 11.9 Å². The van der Waals surface area contributed by atoms with Gasteiger partial charge in [0.25, 0.3) is 0 Å². The minimum absolute atomic E-state index is 0.274. The molecule has 4 fully saturated rings. The molecule has 0 aromatic carbocycles. The van der Waals surface area contributed by atoms with Gasteiger partial charge in [0.15, 0.2) is 0 Å². The Balaban J connectivity index is 1.50. The second-order valence-electron chi connectivity index (χ2n) is 11.2. The maximum Gasteiger partial charge on any atom is 0.408 e. The molecule has 160 valence electrons. The van der Waals surface area contributed by atoms with Gasteiger partial charge in [-0.1, -0.05) is 13.8 Å². The summed E-state index contributed by atoms with van der Waals surface area (Å²) in [7, 11) is 0. The van der Waals surface area contributed by atoms with Crippen LogP contribution in [0.15, 0.2) is 0 Å². The van der Waals surface area contributed by atoms with Crippen LogP contribution >= 0.6 is 0 Å². The van der Waals surface area contributed by atoms with E-state index in [1.54, 1.807) is 0 Å². The van der Waals surface area contributed by atoms with E-state index in [0.717, 1.165) is 24.2 Å². The van der Waals surface area contributed by atoms with Crippen LogP contribution in [0.2, 0.25) is 0 Å². The third-order valence-electron chi connectivity index (χ3n) is 6.72. The molecule has 4 aliphatic rings. The summed E-state index contributed by atoms with van der Waals surface area (Å²) in [5.74, 6) is 2.67. The standard InChI is InChI=1S/C23H39NO4/c1-15(2)8-19(24-21(26)28-22(3,4)5)20(25)27-7-6-23-12-16-9-17(13-23)11-18(10-16)14-23/h15-19H,6-14H2,1-5H3,(H,24,26)/t16?,17?,18?,19-,23?/m1/s1. The maximum absolute atomic E-state index is 12.7. The fourth-order valence-corrected chi connectivity index (χ4v) is 6.20. The Bertz CT molecular complexity index is 542. The van der Waals surface area contributed by atoms with Gasteiger partial charge in [-0.15, -0.1) is 0 Å². The molecule has 1 N–H and O–H groups in total. The molecule has 4 saturated carbocycles. The maximum atomic E-state index is 12.7. The molecular formula is C23H39NO4. The average Bonchev–Trinajstić information content (AvgIpc) is 2.50. The normalized spacial score (nSPS) is 32.3. The molecule has 4 bridgehead atoms. The summed E-state index contributed by atoms with van der Waals surface area (Å²) in [6.45, 7) is 9.98. The summed E-state index contributed by atoms with van der Waals surface area (Å²) < 4.78 is 11.0. The quantitative estimate of drug-likeness (QED) is 0.613. The lowest BCUT2D eigenvalue weighted by Gasteiger charge is -2.57. The van der Waals surface area contributed by atoms with Gasteiger partial charge in [-0.3, -0.25) is 0 Å². The van der Waals surface area contributed by atoms with Crippen LogP contribution in [0.4, 0.5) is 4.79 Å². The van der Waals surface area contributed by atoms with Gasteiger partial charge in [-0.05, 0) is 101 Å². The van der Waals surface area contributed by atoms with Crippen LogP contribution < -0.4 is 5.32 Å². The number of esters is 1. The van der Waals surface area contributed by atoms with Crippen molar-refractivity contribution in [2.45, 2.75) is 97.6 Å². The minimum Gasteiger partial charge on any atom is -0.464 e. The molecular weight excluding hydrogens is 354 g/mol. The lowest BCUT2D eigenvalue weighted by molar-refractivity contribution is -0.149. The Morgan fingerprint density at radius 2 is 1.57 bits per heavy atom. The molecule has 0 saturated heterocycles. The Morgan fingerprint density at radius 1 is 1.04 bits per heavy atom. The third kappa shape index (κ3) is 5.64. The van der Waals surface area contributed by atoms with Crippen molar-refractivity contribution in [3.05, 3.63) is 0 Å². The van der Waals surface area contributed by atoms with E-state index in [2.05, 4.69) is 5.32 Å². The van der Waals surface area contributed by atoms with E-state index >= 15 is 0 Å². The van der Waals surface area contributed by atoms with Crippen LogP contribution in [0.5, 0.6) is 0 Å². The molecule has 1 atom stereocenters. The molecule has 28 heavy (non-hydrogen) atoms. The molecule has 0 spiro atoms. The lowest BCUT2D eigenvalue weighted by Crippen LogP contribution is -2.47. The van der Waals surface area contributed by atoms with Gasteiger partial charge in [0.2, 0.25) is 0 Å². The van der Waals surface area contributed by atoms with Gasteiger partial charge < -0.3 is 14.8 Å². The van der Waals surface area contributed by atoms with Crippen molar-refractivity contribution in [2.24, 2.45) is 29.1 Å². The number of ether oxygens (including phenoxy) is 2. The Kier molecular flexibility index (Phi) is 6.31. The van der Waals surface area contributed by atoms with Crippen molar-refractivity contribution in [1.82, 2.24) is 5.32 Å². The Morgan fingerprint density at radius 3 is 2.04 bits per heavy atom. The van der Waals surface area contributed by atoms with E-state index in [0.29, 0.717) is 18.4 Å². The van der Waals surface area contributed by atoms with Crippen molar-refractivity contribution in [1.29, 1.82) is 0 Å². The molecule has 0 unspecified atom stereocenters. The average molecular weight is 394 g/mol. The first-order chi connectivity index (χ1) is 13.0. The van der Waals surface area contributed by atoms with Crippen LogP contribution in [0.3, 0.4) is 0 Å². The molecule has 5 nitrogen and oxygen atoms in total. The number of amides is 1. The number of carbonyl (C=O) groups excluding carboxylic acids is 2. The van der Waals surface area contributed by atoms with Crippen LogP contribution in [-0.2, 0) is 14.3 Å². The van der Waals surface area contributed by atoms with Gasteiger partial charge >= 0.3 is 12.1 Å². The summed E-state index contributed by atoms with van der Waals surface area (Å²) in [5.41, 5.74) is -0.184. The molecule has 4 rings (SSSR count). The molecule has 0 aromatic rings. The molecule has 1 amide bonds. The molecule has 0 aromatic heterocycles. The first-order valence-electron chi connectivity index (χ1n) is 11.2. The van der Waals surface area contributed by atoms with E-state index in [1.165, 1.54) is 38.5 Å². The number of hydrogen-bond donors (Lipinski definition) is 1. The second kappa shape index (κ2) is 8.23.